The van der Waals surface area contributed by atoms with E-state index in [2.05, 4.69) is 52.0 Å². The van der Waals surface area contributed by atoms with E-state index in [9.17, 15) is 0 Å². The number of hydrogen-bond acceptors (Lipinski definition) is 3. The van der Waals surface area contributed by atoms with Crippen molar-refractivity contribution >= 4 is 12.6 Å². The first-order valence-corrected chi connectivity index (χ1v) is 6.75. The van der Waals surface area contributed by atoms with Crippen molar-refractivity contribution in [1.82, 2.24) is 0 Å². The van der Waals surface area contributed by atoms with Gasteiger partial charge in [-0.2, -0.15) is 0 Å². The highest BCUT2D eigenvalue weighted by molar-refractivity contribution is 6.61. The van der Waals surface area contributed by atoms with E-state index in [1.807, 2.05) is 6.92 Å². The molecule has 1 saturated heterocycles. The van der Waals surface area contributed by atoms with Crippen LogP contribution in [0.15, 0.2) is 24.3 Å². The Kier molecular flexibility index (Phi) is 3.78. The summed E-state index contributed by atoms with van der Waals surface area (Å²) >= 11 is 0. The zero-order valence-corrected chi connectivity index (χ0v) is 12.7. The Morgan fingerprint density at radius 1 is 1.21 bits per heavy atom. The molecule has 1 fully saturated rings. The lowest BCUT2D eigenvalue weighted by atomic mass is 9.78. The molecule has 1 aliphatic heterocycles. The van der Waals surface area contributed by atoms with Crippen LogP contribution in [0.25, 0.3) is 0 Å². The van der Waals surface area contributed by atoms with Gasteiger partial charge in [-0.25, -0.2) is 0 Å². The van der Waals surface area contributed by atoms with E-state index >= 15 is 0 Å². The lowest BCUT2D eigenvalue weighted by Crippen LogP contribution is -2.35. The van der Waals surface area contributed by atoms with Crippen LogP contribution in [0.2, 0.25) is 0 Å². The second-order valence-electron chi connectivity index (χ2n) is 6.17. The average molecular weight is 262 g/mol. The number of ether oxygens (including phenoxy) is 1. The van der Waals surface area contributed by atoms with Gasteiger partial charge in [0.05, 0.1) is 17.3 Å². The normalized spacial score (nSPS) is 22.8. The van der Waals surface area contributed by atoms with Gasteiger partial charge in [0.25, 0.3) is 0 Å². The first-order chi connectivity index (χ1) is 8.76. The highest BCUT2D eigenvalue weighted by Crippen LogP contribution is 2.27. The van der Waals surface area contributed by atoms with E-state index in [1.54, 1.807) is 7.11 Å². The predicted molar refractivity (Wildman–Crippen MR) is 77.6 cm³/mol. The van der Waals surface area contributed by atoms with Crippen molar-refractivity contribution in [1.29, 1.82) is 0 Å². The largest absolute Gasteiger partial charge is 0.494 e. The Labute approximate surface area is 116 Å². The van der Waals surface area contributed by atoms with E-state index in [0.717, 1.165) is 11.0 Å². The van der Waals surface area contributed by atoms with Gasteiger partial charge in [0.1, 0.15) is 0 Å². The highest BCUT2D eigenvalue weighted by atomic mass is 16.7. The number of methoxy groups -OCH3 is 1. The summed E-state index contributed by atoms with van der Waals surface area (Å²) in [5.74, 6) is 0. The predicted octanol–water partition coefficient (Wildman–Crippen LogP) is 2.48. The molecule has 1 aromatic carbocycles. The smallest absolute Gasteiger partial charge is 0.402 e. The van der Waals surface area contributed by atoms with Crippen molar-refractivity contribution < 1.29 is 14.0 Å². The van der Waals surface area contributed by atoms with Gasteiger partial charge in [0, 0.05) is 7.11 Å². The van der Waals surface area contributed by atoms with Gasteiger partial charge < -0.3 is 14.0 Å². The molecule has 1 atom stereocenters. The lowest BCUT2D eigenvalue weighted by molar-refractivity contribution is 0.0192. The van der Waals surface area contributed by atoms with Gasteiger partial charge in [0.15, 0.2) is 0 Å². The Balaban J connectivity index is 2.16. The molecule has 0 N–H and O–H groups in total. The molecule has 0 spiro atoms. The number of rotatable bonds is 3. The molecule has 1 aliphatic rings. The monoisotopic (exact) mass is 262 g/mol. The van der Waals surface area contributed by atoms with Crippen LogP contribution < -0.4 is 5.46 Å². The van der Waals surface area contributed by atoms with Gasteiger partial charge in [-0.1, -0.05) is 24.3 Å². The molecule has 0 saturated carbocycles. The first-order valence-electron chi connectivity index (χ1n) is 6.75. The summed E-state index contributed by atoms with van der Waals surface area (Å²) in [5, 5.41) is 0. The summed E-state index contributed by atoms with van der Waals surface area (Å²) in [5.41, 5.74) is 1.68. The van der Waals surface area contributed by atoms with E-state index in [4.69, 9.17) is 14.0 Å². The zero-order valence-electron chi connectivity index (χ0n) is 12.7. The summed E-state index contributed by atoms with van der Waals surface area (Å²) in [4.78, 5) is 0. The molecule has 1 heterocycles. The highest BCUT2D eigenvalue weighted by Gasteiger charge is 2.43. The lowest BCUT2D eigenvalue weighted by Gasteiger charge is -2.23. The van der Waals surface area contributed by atoms with Gasteiger partial charge >= 0.3 is 7.12 Å². The van der Waals surface area contributed by atoms with Gasteiger partial charge in [-0.05, 0) is 45.6 Å². The molecule has 0 bridgehead atoms. The van der Waals surface area contributed by atoms with Gasteiger partial charge in [0.2, 0.25) is 0 Å². The quantitative estimate of drug-likeness (QED) is 0.783. The molecular weight excluding hydrogens is 239 g/mol. The van der Waals surface area contributed by atoms with Crippen molar-refractivity contribution in [2.45, 2.75) is 51.9 Å². The summed E-state index contributed by atoms with van der Waals surface area (Å²) in [6.07, 6.45) is 0.0904. The Hall–Kier alpha value is -0.835. The minimum absolute atomic E-state index is 0.0904. The van der Waals surface area contributed by atoms with E-state index in [-0.39, 0.29) is 24.4 Å². The SMILES string of the molecule is COC(C)(C)c1ccc(B2OC(C)C(C)(C)O2)cc1. The van der Waals surface area contributed by atoms with Crippen LogP contribution in [-0.4, -0.2) is 25.9 Å². The molecule has 0 aromatic heterocycles. The zero-order chi connectivity index (χ0) is 14.3. The molecule has 2 rings (SSSR count). The fraction of sp³-hybridized carbons (Fsp3) is 0.600. The maximum absolute atomic E-state index is 5.95. The minimum Gasteiger partial charge on any atom is -0.402 e. The molecular formula is C15H23BO3. The maximum atomic E-state index is 5.95. The molecule has 0 aliphatic carbocycles. The van der Waals surface area contributed by atoms with Crippen LogP contribution >= 0.6 is 0 Å². The second-order valence-corrected chi connectivity index (χ2v) is 6.17. The third-order valence-electron chi connectivity index (χ3n) is 4.11. The fourth-order valence-corrected chi connectivity index (χ4v) is 2.05. The molecule has 0 amide bonds. The molecule has 0 radical (unpaired) electrons. The van der Waals surface area contributed by atoms with E-state index in [1.165, 1.54) is 0 Å². The number of benzene rings is 1. The Morgan fingerprint density at radius 3 is 2.21 bits per heavy atom. The first kappa shape index (κ1) is 14.6. The van der Waals surface area contributed by atoms with Crippen LogP contribution in [0.4, 0.5) is 0 Å². The average Bonchev–Trinajstić information content (AvgIpc) is 2.64. The molecule has 104 valence electrons. The standard InChI is InChI=1S/C15H23BO3/c1-11-14(2,3)19-16(18-11)13-9-7-12(8-10-13)15(4,5)17-6/h7-11H,1-6H3. The summed E-state index contributed by atoms with van der Waals surface area (Å²) < 4.78 is 17.3. The van der Waals surface area contributed by atoms with Crippen molar-refractivity contribution in [3.63, 3.8) is 0 Å². The van der Waals surface area contributed by atoms with Gasteiger partial charge in [-0.15, -0.1) is 0 Å². The Bertz CT molecular complexity index is 439. The molecule has 1 aromatic rings. The van der Waals surface area contributed by atoms with Crippen LogP contribution in [0.3, 0.4) is 0 Å². The van der Waals surface area contributed by atoms with Gasteiger partial charge in [-0.3, -0.25) is 0 Å². The molecule has 3 nitrogen and oxygen atoms in total. The summed E-state index contributed by atoms with van der Waals surface area (Å²) in [7, 11) is 1.45. The third kappa shape index (κ3) is 2.86. The van der Waals surface area contributed by atoms with Crippen molar-refractivity contribution in [2.24, 2.45) is 0 Å². The van der Waals surface area contributed by atoms with Crippen molar-refractivity contribution in [2.75, 3.05) is 7.11 Å². The minimum atomic E-state index is -0.275. The fourth-order valence-electron chi connectivity index (χ4n) is 2.05. The maximum Gasteiger partial charge on any atom is 0.494 e. The molecule has 4 heteroatoms. The van der Waals surface area contributed by atoms with Crippen LogP contribution in [0.5, 0.6) is 0 Å². The Morgan fingerprint density at radius 2 is 1.79 bits per heavy atom. The van der Waals surface area contributed by atoms with Crippen LogP contribution in [0.1, 0.15) is 40.2 Å². The summed E-state index contributed by atoms with van der Waals surface area (Å²) in [6.45, 7) is 10.3. The molecule has 1 unspecified atom stereocenters. The van der Waals surface area contributed by atoms with Crippen molar-refractivity contribution in [3.05, 3.63) is 29.8 Å². The van der Waals surface area contributed by atoms with Crippen LogP contribution in [0, 0.1) is 0 Å². The van der Waals surface area contributed by atoms with Crippen LogP contribution in [-0.2, 0) is 19.6 Å². The summed E-state index contributed by atoms with van der Waals surface area (Å²) in [6, 6.07) is 8.24. The second kappa shape index (κ2) is 4.93. The third-order valence-corrected chi connectivity index (χ3v) is 4.11. The van der Waals surface area contributed by atoms with Crippen molar-refractivity contribution in [3.8, 4) is 0 Å². The molecule has 19 heavy (non-hydrogen) atoms. The topological polar surface area (TPSA) is 27.7 Å². The number of hydrogen-bond donors (Lipinski definition) is 0. The van der Waals surface area contributed by atoms with E-state index in [0.29, 0.717) is 0 Å². The van der Waals surface area contributed by atoms with E-state index < -0.39 is 0 Å².